The molecule has 3 aromatic rings. The molecule has 1 saturated heterocycles. The van der Waals surface area contributed by atoms with Gasteiger partial charge in [0.15, 0.2) is 17.3 Å². The molecule has 8 heteroatoms. The van der Waals surface area contributed by atoms with Crippen LogP contribution in [-0.2, 0) is 0 Å². The number of hydrogen-bond acceptors (Lipinski definition) is 4. The van der Waals surface area contributed by atoms with Gasteiger partial charge in [-0.15, -0.1) is 0 Å². The third kappa shape index (κ3) is 3.60. The molecule has 0 radical (unpaired) electrons. The van der Waals surface area contributed by atoms with Gasteiger partial charge < -0.3 is 15.5 Å². The van der Waals surface area contributed by atoms with Gasteiger partial charge in [-0.25, -0.2) is 13.8 Å². The molecule has 1 aromatic carbocycles. The Bertz CT molecular complexity index is 1360. The lowest BCUT2D eigenvalue weighted by molar-refractivity contribution is 0.0964. The zero-order valence-corrected chi connectivity index (χ0v) is 18.7. The Morgan fingerprint density at radius 2 is 1.82 bits per heavy atom. The lowest BCUT2D eigenvalue weighted by Gasteiger charge is -2.39. The summed E-state index contributed by atoms with van der Waals surface area (Å²) in [5.41, 5.74) is 3.92. The van der Waals surface area contributed by atoms with Crippen molar-refractivity contribution in [1.82, 2.24) is 24.9 Å². The maximum absolute atomic E-state index is 14.3. The third-order valence-corrected chi connectivity index (χ3v) is 6.12. The van der Waals surface area contributed by atoms with E-state index in [9.17, 15) is 13.6 Å². The normalized spacial score (nSPS) is 20.5. The highest BCUT2D eigenvalue weighted by atomic mass is 19.2. The molecule has 0 bridgehead atoms. The number of fused-ring (bicyclic) bond motifs is 5. The molecule has 2 atom stereocenters. The predicted molar refractivity (Wildman–Crippen MR) is 126 cm³/mol. The molecule has 1 aliphatic carbocycles. The number of halogens is 2. The highest BCUT2D eigenvalue weighted by Gasteiger charge is 2.27. The van der Waals surface area contributed by atoms with E-state index in [0.717, 1.165) is 42.2 Å². The molecular formula is C25H25F2N5O. The molecule has 1 aliphatic heterocycles. The first-order chi connectivity index (χ1) is 15.9. The zero-order chi connectivity index (χ0) is 23.3. The minimum Gasteiger partial charge on any atom is -0.368 e. The highest BCUT2D eigenvalue weighted by Crippen LogP contribution is 2.33. The quantitative estimate of drug-likeness (QED) is 0.626. The number of rotatable bonds is 2. The Balaban J connectivity index is 1.85. The molecule has 2 N–H and O–H groups in total. The van der Waals surface area contributed by atoms with E-state index in [2.05, 4.69) is 34.4 Å². The Morgan fingerprint density at radius 1 is 1.09 bits per heavy atom. The second-order valence-corrected chi connectivity index (χ2v) is 8.63. The van der Waals surface area contributed by atoms with Crippen molar-refractivity contribution in [2.45, 2.75) is 25.9 Å². The molecule has 170 valence electrons. The maximum atomic E-state index is 14.3. The standard InChI is InChI=1S/C25H25F2N5O/c1-14-12-31(13-15(2)29-14)21-7-5-4-6-8-22-16(21)9-17(25(33)28-3)24-30-20-10-18(26)19(27)11-23(20)32(22)24/h4-11,14-15,29H,12-13H2,1-3H3,(H,28,33)/t14-,15+. The number of imidazole rings is 1. The van der Waals surface area contributed by atoms with Gasteiger partial charge in [0.2, 0.25) is 0 Å². The molecule has 3 heterocycles. The summed E-state index contributed by atoms with van der Waals surface area (Å²) in [7, 11) is 1.55. The van der Waals surface area contributed by atoms with Crippen LogP contribution in [0.5, 0.6) is 0 Å². The highest BCUT2D eigenvalue weighted by molar-refractivity contribution is 6.03. The number of nitrogens with one attached hydrogen (secondary N) is 2. The monoisotopic (exact) mass is 449 g/mol. The fourth-order valence-corrected chi connectivity index (χ4v) is 4.82. The first-order valence-electron chi connectivity index (χ1n) is 11.0. The van der Waals surface area contributed by atoms with Crippen LogP contribution in [0.3, 0.4) is 0 Å². The van der Waals surface area contributed by atoms with Crippen LogP contribution in [0.2, 0.25) is 0 Å². The van der Waals surface area contributed by atoms with Gasteiger partial charge in [-0.1, -0.05) is 18.2 Å². The molecule has 1 fully saturated rings. The van der Waals surface area contributed by atoms with Crippen molar-refractivity contribution >= 4 is 34.4 Å². The van der Waals surface area contributed by atoms with Crippen molar-refractivity contribution in [2.24, 2.45) is 0 Å². The predicted octanol–water partition coefficient (Wildman–Crippen LogP) is 3.73. The van der Waals surface area contributed by atoms with E-state index >= 15 is 0 Å². The third-order valence-electron chi connectivity index (χ3n) is 6.12. The summed E-state index contributed by atoms with van der Waals surface area (Å²) in [6, 6.07) is 4.61. The van der Waals surface area contributed by atoms with Crippen LogP contribution in [0.25, 0.3) is 28.5 Å². The van der Waals surface area contributed by atoms with Crippen LogP contribution in [0.15, 0.2) is 42.5 Å². The van der Waals surface area contributed by atoms with Gasteiger partial charge >= 0.3 is 0 Å². The second kappa shape index (κ2) is 8.12. The van der Waals surface area contributed by atoms with Crippen LogP contribution in [-0.4, -0.2) is 52.4 Å². The fourth-order valence-electron chi connectivity index (χ4n) is 4.82. The average Bonchev–Trinajstić information content (AvgIpc) is 3.11. The van der Waals surface area contributed by atoms with Crippen molar-refractivity contribution in [3.05, 3.63) is 71.0 Å². The molecule has 2 aliphatic rings. The number of pyridine rings is 1. The first-order valence-corrected chi connectivity index (χ1v) is 11.0. The molecule has 0 saturated carbocycles. The SMILES string of the molecule is CNC(=O)c1cc2c(n3c1nc1cc(F)c(F)cc13)C=CC=CC=C2N1C[C@@H](C)N[C@@H](C)C1. The minimum atomic E-state index is -0.974. The van der Waals surface area contributed by atoms with Crippen molar-refractivity contribution in [3.63, 3.8) is 0 Å². The van der Waals surface area contributed by atoms with Crippen LogP contribution in [0.1, 0.15) is 35.5 Å². The molecule has 0 spiro atoms. The second-order valence-electron chi connectivity index (χ2n) is 8.63. The van der Waals surface area contributed by atoms with Gasteiger partial charge in [-0.05, 0) is 32.1 Å². The molecule has 2 aromatic heterocycles. The molecule has 5 rings (SSSR count). The smallest absolute Gasteiger partial charge is 0.254 e. The number of carbonyl (C=O) groups is 1. The largest absolute Gasteiger partial charge is 0.368 e. The van der Waals surface area contributed by atoms with Crippen LogP contribution in [0.4, 0.5) is 8.78 Å². The first kappa shape index (κ1) is 21.3. The van der Waals surface area contributed by atoms with E-state index in [1.807, 2.05) is 36.4 Å². The van der Waals surface area contributed by atoms with E-state index in [1.54, 1.807) is 11.4 Å². The summed E-state index contributed by atoms with van der Waals surface area (Å²) >= 11 is 0. The Labute approximate surface area is 190 Å². The summed E-state index contributed by atoms with van der Waals surface area (Å²) in [6.45, 7) is 5.88. The lowest BCUT2D eigenvalue weighted by Crippen LogP contribution is -2.53. The lowest BCUT2D eigenvalue weighted by atomic mass is 10.0. The summed E-state index contributed by atoms with van der Waals surface area (Å²) in [5, 5.41) is 6.21. The van der Waals surface area contributed by atoms with E-state index < -0.39 is 11.6 Å². The van der Waals surface area contributed by atoms with E-state index in [4.69, 9.17) is 0 Å². The molecule has 0 unspecified atom stereocenters. The van der Waals surface area contributed by atoms with Crippen LogP contribution < -0.4 is 10.6 Å². The van der Waals surface area contributed by atoms with E-state index in [1.165, 1.54) is 0 Å². The summed E-state index contributed by atoms with van der Waals surface area (Å²) in [4.78, 5) is 19.7. The van der Waals surface area contributed by atoms with Gasteiger partial charge in [-0.3, -0.25) is 9.20 Å². The Morgan fingerprint density at radius 3 is 2.55 bits per heavy atom. The molecule has 1 amide bonds. The maximum Gasteiger partial charge on any atom is 0.254 e. The number of piperazine rings is 1. The number of carbonyl (C=O) groups excluding carboxylic acids is 1. The van der Waals surface area contributed by atoms with Gasteiger partial charge in [0.1, 0.15) is 0 Å². The average molecular weight is 450 g/mol. The van der Waals surface area contributed by atoms with Crippen molar-refractivity contribution in [2.75, 3.05) is 20.1 Å². The van der Waals surface area contributed by atoms with Crippen molar-refractivity contribution < 1.29 is 13.6 Å². The van der Waals surface area contributed by atoms with Gasteiger partial charge in [0, 0.05) is 55.6 Å². The van der Waals surface area contributed by atoms with Crippen molar-refractivity contribution in [1.29, 1.82) is 0 Å². The number of nitrogens with zero attached hydrogens (tertiary/aromatic N) is 3. The summed E-state index contributed by atoms with van der Waals surface area (Å²) in [5.74, 6) is -2.25. The van der Waals surface area contributed by atoms with Crippen molar-refractivity contribution in [3.8, 4) is 0 Å². The van der Waals surface area contributed by atoms with Gasteiger partial charge in [-0.2, -0.15) is 0 Å². The van der Waals surface area contributed by atoms with Crippen LogP contribution in [0, 0.1) is 11.6 Å². The number of benzene rings is 1. The van der Waals surface area contributed by atoms with Crippen LogP contribution >= 0.6 is 0 Å². The molecule has 6 nitrogen and oxygen atoms in total. The number of allylic oxidation sites excluding steroid dienone is 4. The Kier molecular flexibility index (Phi) is 5.25. The number of amides is 1. The van der Waals surface area contributed by atoms with Gasteiger partial charge in [0.05, 0.1) is 22.3 Å². The summed E-state index contributed by atoms with van der Waals surface area (Å²) in [6.07, 6.45) is 9.73. The van der Waals surface area contributed by atoms with E-state index in [-0.39, 0.29) is 23.5 Å². The zero-order valence-electron chi connectivity index (χ0n) is 18.7. The summed E-state index contributed by atoms with van der Waals surface area (Å²) < 4.78 is 30.0. The molecular weight excluding hydrogens is 424 g/mol. The fraction of sp³-hybridized carbons (Fsp3) is 0.280. The topological polar surface area (TPSA) is 61.7 Å². The van der Waals surface area contributed by atoms with E-state index in [0.29, 0.717) is 16.7 Å². The Hall–Kier alpha value is -3.52. The minimum absolute atomic E-state index is 0.286. The molecule has 33 heavy (non-hydrogen) atoms. The number of hydrogen-bond donors (Lipinski definition) is 2. The van der Waals surface area contributed by atoms with Gasteiger partial charge in [0.25, 0.3) is 5.91 Å². The number of aromatic nitrogens is 2.